The number of nitrogens with one attached hydrogen (secondary N) is 4. The van der Waals surface area contributed by atoms with Gasteiger partial charge in [0.05, 0.1) is 91.1 Å². The van der Waals surface area contributed by atoms with Gasteiger partial charge in [0, 0.05) is 133 Å². The zero-order valence-corrected chi connectivity index (χ0v) is 71.5. The molecule has 0 unspecified atom stereocenters. The molecule has 0 saturated heterocycles. The Kier molecular flexibility index (Phi) is 20.6. The second kappa shape index (κ2) is 33.3. The van der Waals surface area contributed by atoms with Gasteiger partial charge in [0.25, 0.3) is 0 Å². The molecule has 0 radical (unpaired) electrons. The first kappa shape index (κ1) is 77.2. The Morgan fingerprint density at radius 2 is 0.312 bits per heavy atom. The summed E-state index contributed by atoms with van der Waals surface area (Å²) in [6.45, 7) is 8.31. The number of aryl methyl sites for hydroxylation is 4. The van der Waals surface area contributed by atoms with Crippen molar-refractivity contribution in [2.75, 3.05) is 0 Å². The maximum absolute atomic E-state index is 4.78. The molecule has 0 aromatic carbocycles. The van der Waals surface area contributed by atoms with Crippen LogP contribution in [0.25, 0.3) is 209 Å². The van der Waals surface area contributed by atoms with Gasteiger partial charge in [-0.2, -0.15) is 0 Å². The van der Waals surface area contributed by atoms with Crippen LogP contribution in [0.4, 0.5) is 0 Å². The van der Waals surface area contributed by atoms with Crippen LogP contribution < -0.4 is 0 Å². The van der Waals surface area contributed by atoms with E-state index in [9.17, 15) is 0 Å². The van der Waals surface area contributed by atoms with Gasteiger partial charge in [0.1, 0.15) is 23.3 Å². The van der Waals surface area contributed by atoms with E-state index < -0.39 is 0 Å². The van der Waals surface area contributed by atoms with Crippen molar-refractivity contribution in [3.05, 3.63) is 381 Å². The zero-order valence-electron chi connectivity index (χ0n) is 68.5. The molecule has 20 nitrogen and oxygen atoms in total. The zero-order chi connectivity index (χ0) is 83.1. The normalized spacial score (nSPS) is 12.3. The summed E-state index contributed by atoms with van der Waals surface area (Å²) in [5, 5.41) is 0. The first-order valence-electron chi connectivity index (χ1n) is 40.8. The predicted octanol–water partition coefficient (Wildman–Crippen LogP) is 23.3. The summed E-state index contributed by atoms with van der Waals surface area (Å²) >= 11 is 0. The molecule has 0 fully saturated rings. The van der Waals surface area contributed by atoms with E-state index in [1.807, 2.05) is 195 Å². The van der Waals surface area contributed by atoms with Crippen LogP contribution in [0, 0.1) is 27.7 Å². The first-order valence-corrected chi connectivity index (χ1v) is 40.8. The Labute approximate surface area is 729 Å². The van der Waals surface area contributed by atoms with E-state index in [4.69, 9.17) is 39.9 Å². The summed E-state index contributed by atoms with van der Waals surface area (Å²) in [4.78, 5) is 70.5. The Bertz CT molecular complexity index is 6780. The minimum Gasteiger partial charge on any atom is -0.355 e. The number of rotatable bonds is 4. The number of pyridine rings is 4. The molecule has 0 amide bonds. The number of aromatic nitrogens is 20. The van der Waals surface area contributed by atoms with Crippen molar-refractivity contribution in [2.24, 2.45) is 0 Å². The van der Waals surface area contributed by atoms with Crippen LogP contribution in [0.5, 0.6) is 0 Å². The SMILES string of the molecule is Cc1cccnc1-n1c2ccc1cc1nc(cc3ccc(cc4nc(c2)C=C4)[nH]3)C=C1.Cc1cccnc1-n1c2ccc1cc1nc(cc3ccc(cc4nc(c2)C=C4)[nH]3)C=C1.Cc1cccnc1-n1c2ccc1cc1nc(cc3ccc(cc4nc(c2)C=C4)[nH]3)C=C1.Cc1cccnc1-n1c2ccc1cc1nc(cc3ccc(cc4nc(c2)C=C4)[nH]3)C=C1.[Zn]. The maximum Gasteiger partial charge on any atom is 0.140 e. The van der Waals surface area contributed by atoms with Crippen molar-refractivity contribution >= 4 is 185 Å². The van der Waals surface area contributed by atoms with Crippen molar-refractivity contribution in [1.82, 2.24) is 98.0 Å². The third-order valence-electron chi connectivity index (χ3n) is 21.7. The molecule has 16 aromatic rings. The van der Waals surface area contributed by atoms with E-state index in [0.29, 0.717) is 0 Å². The molecule has 21 heteroatoms. The Balaban J connectivity index is 0.000000105. The van der Waals surface area contributed by atoms with Gasteiger partial charge in [-0.05, 0) is 366 Å². The van der Waals surface area contributed by atoms with Crippen molar-refractivity contribution in [3.8, 4) is 23.3 Å². The monoisotopic (exact) mass is 1670 g/mol. The summed E-state index contributed by atoms with van der Waals surface area (Å²) in [7, 11) is 0. The van der Waals surface area contributed by atoms with Crippen LogP contribution >= 0.6 is 0 Å². The number of hydrogen-bond donors (Lipinski definition) is 4. The fraction of sp³-hybridized carbons (Fsp3) is 0.0385. The molecule has 0 saturated carbocycles. The van der Waals surface area contributed by atoms with Gasteiger partial charge in [-0.15, -0.1) is 0 Å². The molecule has 8 aliphatic rings. The fourth-order valence-corrected chi connectivity index (χ4v) is 15.9. The molecule has 0 atom stereocenters. The standard InChI is InChI=1S/4C26H19N5.Zn/c4*1-17-3-2-12-27-26(17)31-24-10-11-25(31)16-23-9-7-21(30-23)14-19-5-4-18(28-19)13-20-6-8-22(15-24)29-20;/h4*2-16,28H,1H3;. The number of H-pyrrole nitrogens is 4. The number of nitrogens with zero attached hydrogens (tertiary/aromatic N) is 16. The summed E-state index contributed by atoms with van der Waals surface area (Å²) in [5.41, 5.74) is 35.2. The molecule has 16 aromatic heterocycles. The van der Waals surface area contributed by atoms with Gasteiger partial charge in [-0.3, -0.25) is 18.3 Å². The summed E-state index contributed by atoms with van der Waals surface area (Å²) in [6.07, 6.45) is 39.9. The molecule has 594 valence electrons. The molecular weight excluding hydrogens is 1590 g/mol. The third kappa shape index (κ3) is 16.8. The maximum atomic E-state index is 4.78. The van der Waals surface area contributed by atoms with Crippen LogP contribution in [0.2, 0.25) is 0 Å². The average molecular weight is 1670 g/mol. The summed E-state index contributed by atoms with van der Waals surface area (Å²) in [5.74, 6) is 3.61. The first-order chi connectivity index (χ1) is 60.8. The summed E-state index contributed by atoms with van der Waals surface area (Å²) < 4.78 is 8.64. The van der Waals surface area contributed by atoms with Crippen LogP contribution in [0.3, 0.4) is 0 Å². The van der Waals surface area contributed by atoms with E-state index in [0.717, 1.165) is 225 Å². The molecule has 125 heavy (non-hydrogen) atoms. The molecule has 8 aliphatic heterocycles. The largest absolute Gasteiger partial charge is 0.355 e. The van der Waals surface area contributed by atoms with Crippen molar-refractivity contribution in [2.45, 2.75) is 27.7 Å². The quantitative estimate of drug-likeness (QED) is 0.120. The topological polar surface area (TPSA) is 238 Å². The smallest absolute Gasteiger partial charge is 0.140 e. The molecule has 24 rings (SSSR count). The average Bonchev–Trinajstić information content (AvgIpc) is 1.67. The third-order valence-corrected chi connectivity index (χ3v) is 21.7. The second-order valence-corrected chi connectivity index (χ2v) is 30.8. The molecule has 24 heterocycles. The minimum atomic E-state index is 0. The Hall–Kier alpha value is -16.4. The number of hydrogen-bond acceptors (Lipinski definition) is 12. The molecule has 0 aliphatic carbocycles. The Morgan fingerprint density at radius 1 is 0.176 bits per heavy atom. The van der Waals surface area contributed by atoms with Gasteiger partial charge in [-0.25, -0.2) is 59.8 Å². The van der Waals surface area contributed by atoms with Gasteiger partial charge in [0.2, 0.25) is 0 Å². The van der Waals surface area contributed by atoms with Gasteiger partial charge in [0.15, 0.2) is 0 Å². The van der Waals surface area contributed by atoms with Crippen molar-refractivity contribution < 1.29 is 19.5 Å². The Morgan fingerprint density at radius 3 is 0.448 bits per heavy atom. The second-order valence-electron chi connectivity index (χ2n) is 30.8. The van der Waals surface area contributed by atoms with Gasteiger partial charge >= 0.3 is 0 Å². The number of aromatic amines is 4. The van der Waals surface area contributed by atoms with E-state index >= 15 is 0 Å². The van der Waals surface area contributed by atoms with E-state index in [1.165, 1.54) is 0 Å². The molecule has 4 N–H and O–H groups in total. The molecule has 32 bridgehead atoms. The van der Waals surface area contributed by atoms with Crippen LogP contribution in [-0.4, -0.2) is 98.0 Å². The van der Waals surface area contributed by atoms with Gasteiger partial charge in [-0.1, -0.05) is 24.3 Å². The predicted molar refractivity (Wildman–Crippen MR) is 505 cm³/mol. The van der Waals surface area contributed by atoms with E-state index in [2.05, 4.69) is 256 Å². The van der Waals surface area contributed by atoms with Crippen LogP contribution in [0.1, 0.15) is 113 Å². The van der Waals surface area contributed by atoms with Crippen molar-refractivity contribution in [1.29, 1.82) is 0 Å². The minimum absolute atomic E-state index is 0. The fourth-order valence-electron chi connectivity index (χ4n) is 15.9. The summed E-state index contributed by atoms with van der Waals surface area (Å²) in [6, 6.07) is 82.5. The van der Waals surface area contributed by atoms with Crippen LogP contribution in [-0.2, 0) is 19.5 Å². The molecule has 0 spiro atoms. The number of fused-ring (bicyclic) bond motifs is 32. The van der Waals surface area contributed by atoms with Crippen molar-refractivity contribution in [3.63, 3.8) is 0 Å². The van der Waals surface area contributed by atoms with Gasteiger partial charge < -0.3 is 19.9 Å². The van der Waals surface area contributed by atoms with E-state index in [-0.39, 0.29) is 19.5 Å². The molecular formula is C104H76N20Zn. The van der Waals surface area contributed by atoms with Crippen LogP contribution in [0.15, 0.2) is 267 Å². The van der Waals surface area contributed by atoms with E-state index in [1.54, 1.807) is 0 Å².